The molecule has 2 unspecified atom stereocenters. The number of aliphatic imine (C=N–C) groups is 1. The van der Waals surface area contributed by atoms with Gasteiger partial charge in [-0.15, -0.1) is 0 Å². The lowest BCUT2D eigenvalue weighted by atomic mass is 9.80. The quantitative estimate of drug-likeness (QED) is 0.327. The molecule has 0 radical (unpaired) electrons. The van der Waals surface area contributed by atoms with E-state index in [1.807, 2.05) is 0 Å². The van der Waals surface area contributed by atoms with E-state index in [9.17, 15) is 0 Å². The Kier molecular flexibility index (Phi) is 6.46. The van der Waals surface area contributed by atoms with Crippen molar-refractivity contribution in [1.29, 1.82) is 0 Å². The molecule has 0 aliphatic heterocycles. The first kappa shape index (κ1) is 13.5. The summed E-state index contributed by atoms with van der Waals surface area (Å²) in [6, 6.07) is 0. The summed E-state index contributed by atoms with van der Waals surface area (Å²) < 4.78 is 0. The Bertz CT molecular complexity index is 201. The zero-order valence-corrected chi connectivity index (χ0v) is 10.8. The average Bonchev–Trinajstić information content (AvgIpc) is 2.49. The van der Waals surface area contributed by atoms with E-state index in [1.165, 1.54) is 38.4 Å². The van der Waals surface area contributed by atoms with Crippen LogP contribution in [0.1, 0.15) is 46.0 Å². The van der Waals surface area contributed by atoms with Gasteiger partial charge in [0.1, 0.15) is 0 Å². The predicted molar refractivity (Wildman–Crippen MR) is 70.5 cm³/mol. The second-order valence-electron chi connectivity index (χ2n) is 5.25. The monoisotopic (exact) mass is 225 g/mol. The first-order valence-electron chi connectivity index (χ1n) is 6.66. The number of hydrogen-bond donors (Lipinski definition) is 2. The van der Waals surface area contributed by atoms with Crippen molar-refractivity contribution in [1.82, 2.24) is 5.32 Å². The molecule has 3 N–H and O–H groups in total. The summed E-state index contributed by atoms with van der Waals surface area (Å²) in [5.41, 5.74) is 5.22. The van der Waals surface area contributed by atoms with Gasteiger partial charge < -0.3 is 5.73 Å². The van der Waals surface area contributed by atoms with Gasteiger partial charge in [-0.25, -0.2) is 0 Å². The maximum atomic E-state index is 5.22. The highest BCUT2D eigenvalue weighted by Crippen LogP contribution is 2.33. The van der Waals surface area contributed by atoms with Crippen molar-refractivity contribution in [2.45, 2.75) is 46.0 Å². The molecular weight excluding hydrogens is 198 g/mol. The standard InChI is InChI=1S/C13H27N3/c1-11(2)13-7-5-3-4-6-12(13)8-15-10-16-9-14/h9,11-13,15H,3-8,10H2,1-2H3,(H2,14,16). The molecule has 0 aromatic carbocycles. The van der Waals surface area contributed by atoms with Gasteiger partial charge in [0.15, 0.2) is 0 Å². The van der Waals surface area contributed by atoms with Crippen LogP contribution < -0.4 is 11.1 Å². The molecule has 1 fully saturated rings. The number of rotatable bonds is 5. The fraction of sp³-hybridized carbons (Fsp3) is 0.923. The van der Waals surface area contributed by atoms with E-state index in [1.54, 1.807) is 0 Å². The molecule has 3 nitrogen and oxygen atoms in total. The molecule has 0 aromatic rings. The lowest BCUT2D eigenvalue weighted by Gasteiger charge is -2.28. The maximum Gasteiger partial charge on any atom is 0.0901 e. The molecular formula is C13H27N3. The zero-order chi connectivity index (χ0) is 11.8. The Balaban J connectivity index is 2.38. The van der Waals surface area contributed by atoms with E-state index in [2.05, 4.69) is 24.2 Å². The average molecular weight is 225 g/mol. The Morgan fingerprint density at radius 1 is 1.31 bits per heavy atom. The summed E-state index contributed by atoms with van der Waals surface area (Å²) in [5, 5.41) is 3.39. The molecule has 16 heavy (non-hydrogen) atoms. The van der Waals surface area contributed by atoms with Gasteiger partial charge in [-0.3, -0.25) is 10.3 Å². The van der Waals surface area contributed by atoms with Crippen LogP contribution in [0.15, 0.2) is 4.99 Å². The largest absolute Gasteiger partial charge is 0.390 e. The van der Waals surface area contributed by atoms with Crippen LogP contribution in [0.5, 0.6) is 0 Å². The van der Waals surface area contributed by atoms with Gasteiger partial charge in [-0.05, 0) is 37.1 Å². The van der Waals surface area contributed by atoms with Crippen LogP contribution >= 0.6 is 0 Å². The SMILES string of the molecule is CC(C)C1CCCCCC1CNC/N=C\N. The Hall–Kier alpha value is -0.570. The third kappa shape index (κ3) is 4.52. The van der Waals surface area contributed by atoms with Crippen molar-refractivity contribution >= 4 is 6.34 Å². The van der Waals surface area contributed by atoms with E-state index in [0.717, 1.165) is 24.3 Å². The van der Waals surface area contributed by atoms with Gasteiger partial charge in [0.05, 0.1) is 13.0 Å². The van der Waals surface area contributed by atoms with Gasteiger partial charge in [0, 0.05) is 0 Å². The van der Waals surface area contributed by atoms with E-state index in [0.29, 0.717) is 6.67 Å². The molecule has 0 spiro atoms. The summed E-state index contributed by atoms with van der Waals surface area (Å²) in [6.45, 7) is 6.49. The number of nitrogens with one attached hydrogen (secondary N) is 1. The molecule has 0 heterocycles. The molecule has 0 amide bonds. The molecule has 1 aliphatic carbocycles. The van der Waals surface area contributed by atoms with E-state index >= 15 is 0 Å². The molecule has 94 valence electrons. The number of nitrogens with two attached hydrogens (primary N) is 1. The first-order chi connectivity index (χ1) is 7.75. The maximum absolute atomic E-state index is 5.22. The summed E-state index contributed by atoms with van der Waals surface area (Å²) in [4.78, 5) is 3.99. The zero-order valence-electron chi connectivity index (χ0n) is 10.8. The molecule has 0 bridgehead atoms. The topological polar surface area (TPSA) is 50.4 Å². The molecule has 2 atom stereocenters. The lowest BCUT2D eigenvalue weighted by molar-refractivity contribution is 0.232. The molecule has 1 saturated carbocycles. The molecule has 1 aliphatic rings. The third-order valence-electron chi connectivity index (χ3n) is 3.79. The highest BCUT2D eigenvalue weighted by molar-refractivity contribution is 5.50. The minimum atomic E-state index is 0.664. The Morgan fingerprint density at radius 3 is 2.75 bits per heavy atom. The van der Waals surface area contributed by atoms with Crippen LogP contribution in [0.4, 0.5) is 0 Å². The minimum absolute atomic E-state index is 0.664. The van der Waals surface area contributed by atoms with E-state index in [-0.39, 0.29) is 0 Å². The normalized spacial score (nSPS) is 27.4. The molecule has 0 aromatic heterocycles. The number of nitrogens with zero attached hydrogens (tertiary/aromatic N) is 1. The van der Waals surface area contributed by atoms with Crippen molar-refractivity contribution in [2.24, 2.45) is 28.5 Å². The predicted octanol–water partition coefficient (Wildman–Crippen LogP) is 2.37. The summed E-state index contributed by atoms with van der Waals surface area (Å²) >= 11 is 0. The Labute approximate surface area is 99.9 Å². The van der Waals surface area contributed by atoms with Crippen LogP contribution in [0, 0.1) is 17.8 Å². The van der Waals surface area contributed by atoms with Crippen molar-refractivity contribution in [3.63, 3.8) is 0 Å². The first-order valence-corrected chi connectivity index (χ1v) is 6.66. The molecule has 0 saturated heterocycles. The van der Waals surface area contributed by atoms with Gasteiger partial charge in [0.2, 0.25) is 0 Å². The van der Waals surface area contributed by atoms with Crippen LogP contribution in [0.3, 0.4) is 0 Å². The van der Waals surface area contributed by atoms with Crippen LogP contribution in [-0.4, -0.2) is 19.6 Å². The summed E-state index contributed by atoms with van der Waals surface area (Å²) in [7, 11) is 0. The van der Waals surface area contributed by atoms with E-state index in [4.69, 9.17) is 5.73 Å². The second kappa shape index (κ2) is 7.66. The fourth-order valence-electron chi connectivity index (χ4n) is 2.91. The van der Waals surface area contributed by atoms with E-state index < -0.39 is 0 Å². The van der Waals surface area contributed by atoms with Crippen LogP contribution in [0.2, 0.25) is 0 Å². The van der Waals surface area contributed by atoms with Crippen molar-refractivity contribution < 1.29 is 0 Å². The third-order valence-corrected chi connectivity index (χ3v) is 3.79. The van der Waals surface area contributed by atoms with Crippen molar-refractivity contribution in [3.8, 4) is 0 Å². The van der Waals surface area contributed by atoms with Crippen LogP contribution in [-0.2, 0) is 0 Å². The van der Waals surface area contributed by atoms with Gasteiger partial charge in [0.25, 0.3) is 0 Å². The summed E-state index contributed by atoms with van der Waals surface area (Å²) in [6.07, 6.45) is 8.39. The minimum Gasteiger partial charge on any atom is -0.390 e. The smallest absolute Gasteiger partial charge is 0.0901 e. The Morgan fingerprint density at radius 2 is 2.06 bits per heavy atom. The van der Waals surface area contributed by atoms with Gasteiger partial charge in [-0.1, -0.05) is 33.1 Å². The highest BCUT2D eigenvalue weighted by Gasteiger charge is 2.25. The van der Waals surface area contributed by atoms with Gasteiger partial charge in [-0.2, -0.15) is 0 Å². The summed E-state index contributed by atoms with van der Waals surface area (Å²) in [5.74, 6) is 2.52. The van der Waals surface area contributed by atoms with Crippen molar-refractivity contribution in [3.05, 3.63) is 0 Å². The van der Waals surface area contributed by atoms with Gasteiger partial charge >= 0.3 is 0 Å². The fourth-order valence-corrected chi connectivity index (χ4v) is 2.91. The second-order valence-corrected chi connectivity index (χ2v) is 5.25. The van der Waals surface area contributed by atoms with Crippen molar-refractivity contribution in [2.75, 3.05) is 13.2 Å². The lowest BCUT2D eigenvalue weighted by Crippen LogP contribution is -2.30. The highest BCUT2D eigenvalue weighted by atomic mass is 15.0. The number of hydrogen-bond acceptors (Lipinski definition) is 2. The molecule has 1 rings (SSSR count). The molecule has 3 heteroatoms. The van der Waals surface area contributed by atoms with Crippen LogP contribution in [0.25, 0.3) is 0 Å².